The average Bonchev–Trinajstić information content (AvgIpc) is 3.07. The number of carbonyl (C=O) groups is 1. The third-order valence-electron chi connectivity index (χ3n) is 5.03. The summed E-state index contributed by atoms with van der Waals surface area (Å²) >= 11 is 0. The van der Waals surface area contributed by atoms with E-state index < -0.39 is 36.0 Å². The molecule has 2 aliphatic heterocycles. The molecule has 140 valence electrons. The highest BCUT2D eigenvalue weighted by molar-refractivity contribution is 6.04. The number of hydrogen-bond acceptors (Lipinski definition) is 4. The Balaban J connectivity index is 1.70. The highest BCUT2D eigenvalue weighted by atomic mass is 19.1. The molecule has 4 rings (SSSR count). The molecule has 0 aromatic heterocycles. The Morgan fingerprint density at radius 1 is 1.19 bits per heavy atom. The van der Waals surface area contributed by atoms with Gasteiger partial charge >= 0.3 is 0 Å². The van der Waals surface area contributed by atoms with Crippen molar-refractivity contribution in [2.45, 2.75) is 11.6 Å². The third-order valence-corrected chi connectivity index (χ3v) is 5.03. The lowest BCUT2D eigenvalue weighted by Crippen LogP contribution is -2.48. The lowest BCUT2D eigenvalue weighted by atomic mass is 9.78. The monoisotopic (exact) mass is 372 g/mol. The van der Waals surface area contributed by atoms with E-state index in [1.165, 1.54) is 6.07 Å². The van der Waals surface area contributed by atoms with Crippen molar-refractivity contribution in [3.05, 3.63) is 71.5 Å². The van der Waals surface area contributed by atoms with Gasteiger partial charge in [0.2, 0.25) is 0 Å². The van der Waals surface area contributed by atoms with Crippen molar-refractivity contribution in [3.63, 3.8) is 0 Å². The van der Waals surface area contributed by atoms with Crippen molar-refractivity contribution in [2.24, 2.45) is 10.9 Å². The van der Waals surface area contributed by atoms with E-state index in [2.05, 4.69) is 10.3 Å². The molecule has 0 spiro atoms. The molecule has 0 bridgehead atoms. The molecule has 2 aliphatic rings. The maximum Gasteiger partial charge on any atom is 0.292 e. The summed E-state index contributed by atoms with van der Waals surface area (Å²) in [5.74, 6) is -1.33. The first kappa shape index (κ1) is 17.6. The van der Waals surface area contributed by atoms with Gasteiger partial charge in [-0.15, -0.1) is 0 Å². The van der Waals surface area contributed by atoms with Gasteiger partial charge in [0.25, 0.3) is 11.9 Å². The Bertz CT molecular complexity index is 875. The average molecular weight is 372 g/mol. The van der Waals surface area contributed by atoms with Crippen LogP contribution in [-0.4, -0.2) is 37.9 Å². The van der Waals surface area contributed by atoms with Crippen LogP contribution in [-0.2, 0) is 15.0 Å². The minimum Gasteiger partial charge on any atom is -0.464 e. The van der Waals surface area contributed by atoms with Gasteiger partial charge in [0.1, 0.15) is 18.0 Å². The molecule has 2 aromatic carbocycles. The number of aliphatic imine (C=N–C) groups is 1. The Morgan fingerprint density at radius 3 is 2.67 bits per heavy atom. The number of carbonyl (C=O) groups excluding carboxylic acids is 1. The number of nitrogens with one attached hydrogen (secondary N) is 1. The normalized spacial score (nSPS) is 26.7. The Hall–Kier alpha value is -2.80. The van der Waals surface area contributed by atoms with Crippen molar-refractivity contribution >= 4 is 11.9 Å². The number of amides is 1. The summed E-state index contributed by atoms with van der Waals surface area (Å²) in [6.07, 6.45) is -0.736. The molecule has 2 aromatic rings. The quantitative estimate of drug-likeness (QED) is 0.901. The van der Waals surface area contributed by atoms with Gasteiger partial charge in [0, 0.05) is 11.1 Å². The van der Waals surface area contributed by atoms with Crippen molar-refractivity contribution in [2.75, 3.05) is 19.9 Å². The van der Waals surface area contributed by atoms with Crippen molar-refractivity contribution in [1.29, 1.82) is 0 Å². The fourth-order valence-electron chi connectivity index (χ4n) is 3.63. The largest absolute Gasteiger partial charge is 0.464 e. The van der Waals surface area contributed by atoms with Crippen LogP contribution in [0.15, 0.2) is 59.6 Å². The van der Waals surface area contributed by atoms with Gasteiger partial charge in [-0.1, -0.05) is 36.4 Å². The van der Waals surface area contributed by atoms with Crippen LogP contribution >= 0.6 is 0 Å². The first-order valence-electron chi connectivity index (χ1n) is 8.65. The molecule has 0 radical (unpaired) electrons. The second kappa shape index (κ2) is 7.08. The third kappa shape index (κ3) is 3.08. The van der Waals surface area contributed by atoms with E-state index in [1.54, 1.807) is 48.5 Å². The molecular formula is C20H18F2N2O3. The minimum absolute atomic E-state index is 0.0151. The van der Waals surface area contributed by atoms with E-state index in [1.807, 2.05) is 0 Å². The van der Waals surface area contributed by atoms with Crippen molar-refractivity contribution in [1.82, 2.24) is 5.32 Å². The predicted octanol–water partition coefficient (Wildman–Crippen LogP) is 2.82. The fraction of sp³-hybridized carbons (Fsp3) is 0.300. The summed E-state index contributed by atoms with van der Waals surface area (Å²) in [6.45, 7) is -0.635. The van der Waals surface area contributed by atoms with Crippen LogP contribution in [0.2, 0.25) is 0 Å². The standard InChI is InChI=1S/C20H18F2N2O3/c21-10-17-15-11-26-19(23-18(25)13-6-2-1-3-7-13)24-20(15,12-27-17)14-8-4-5-9-16(14)22/h1-9,15,17H,10-12H2,(H,23,24,25). The molecule has 0 saturated carbocycles. The summed E-state index contributed by atoms with van der Waals surface area (Å²) in [5.41, 5.74) is -0.393. The molecule has 1 amide bonds. The zero-order valence-electron chi connectivity index (χ0n) is 14.4. The van der Waals surface area contributed by atoms with Gasteiger partial charge in [-0.25, -0.2) is 13.8 Å². The van der Waals surface area contributed by atoms with E-state index in [-0.39, 0.29) is 19.2 Å². The Morgan fingerprint density at radius 2 is 1.93 bits per heavy atom. The van der Waals surface area contributed by atoms with E-state index in [0.717, 1.165) is 0 Å². The SMILES string of the molecule is O=C(NC1=NC2(c3ccccc3F)COC(CF)C2CO1)c1ccccc1. The first-order chi connectivity index (χ1) is 13.1. The number of alkyl halides is 1. The van der Waals surface area contributed by atoms with Crippen LogP contribution in [0.3, 0.4) is 0 Å². The van der Waals surface area contributed by atoms with Gasteiger partial charge in [-0.3, -0.25) is 10.1 Å². The van der Waals surface area contributed by atoms with Gasteiger partial charge in [-0.2, -0.15) is 0 Å². The molecule has 5 nitrogen and oxygen atoms in total. The number of nitrogens with zero attached hydrogens (tertiary/aromatic N) is 1. The summed E-state index contributed by atoms with van der Waals surface area (Å²) in [7, 11) is 0. The van der Waals surface area contributed by atoms with Crippen molar-refractivity contribution < 1.29 is 23.0 Å². The zero-order chi connectivity index (χ0) is 18.9. The maximum atomic E-state index is 14.5. The van der Waals surface area contributed by atoms with E-state index in [0.29, 0.717) is 11.1 Å². The molecule has 3 atom stereocenters. The van der Waals surface area contributed by atoms with Crippen LogP contribution in [0.1, 0.15) is 15.9 Å². The summed E-state index contributed by atoms with van der Waals surface area (Å²) in [4.78, 5) is 16.9. The van der Waals surface area contributed by atoms with Crippen LogP contribution in [0, 0.1) is 11.7 Å². The second-order valence-electron chi connectivity index (χ2n) is 6.56. The van der Waals surface area contributed by atoms with Crippen molar-refractivity contribution in [3.8, 4) is 0 Å². The van der Waals surface area contributed by atoms with Gasteiger partial charge in [-0.05, 0) is 18.2 Å². The molecule has 1 fully saturated rings. The van der Waals surface area contributed by atoms with Crippen LogP contribution in [0.4, 0.5) is 8.78 Å². The van der Waals surface area contributed by atoms with Crippen LogP contribution < -0.4 is 5.32 Å². The summed E-state index contributed by atoms with van der Waals surface area (Å²) in [6, 6.07) is 14.8. The number of hydrogen-bond donors (Lipinski definition) is 1. The predicted molar refractivity (Wildman–Crippen MR) is 94.6 cm³/mol. The van der Waals surface area contributed by atoms with Gasteiger partial charge < -0.3 is 9.47 Å². The number of fused-ring (bicyclic) bond motifs is 1. The Kier molecular flexibility index (Phi) is 4.61. The van der Waals surface area contributed by atoms with Crippen LogP contribution in [0.5, 0.6) is 0 Å². The number of benzene rings is 2. The second-order valence-corrected chi connectivity index (χ2v) is 6.56. The number of amidine groups is 1. The van der Waals surface area contributed by atoms with E-state index in [4.69, 9.17) is 9.47 Å². The molecule has 0 aliphatic carbocycles. The number of rotatable bonds is 3. The Labute approximate surface area is 155 Å². The number of ether oxygens (including phenoxy) is 2. The smallest absolute Gasteiger partial charge is 0.292 e. The molecule has 1 N–H and O–H groups in total. The molecule has 3 unspecified atom stereocenters. The topological polar surface area (TPSA) is 59.9 Å². The fourth-order valence-corrected chi connectivity index (χ4v) is 3.63. The zero-order valence-corrected chi connectivity index (χ0v) is 14.4. The molecule has 1 saturated heterocycles. The molecule has 2 heterocycles. The van der Waals surface area contributed by atoms with E-state index in [9.17, 15) is 13.6 Å². The summed E-state index contributed by atoms with van der Waals surface area (Å²) < 4.78 is 39.0. The highest BCUT2D eigenvalue weighted by Crippen LogP contribution is 2.46. The minimum atomic E-state index is -1.14. The van der Waals surface area contributed by atoms with E-state index >= 15 is 0 Å². The highest BCUT2D eigenvalue weighted by Gasteiger charge is 2.55. The van der Waals surface area contributed by atoms with Crippen LogP contribution in [0.25, 0.3) is 0 Å². The van der Waals surface area contributed by atoms with Gasteiger partial charge in [0.05, 0.1) is 25.2 Å². The molecule has 7 heteroatoms. The molecule has 27 heavy (non-hydrogen) atoms. The molecular weight excluding hydrogens is 354 g/mol. The maximum absolute atomic E-state index is 14.5. The lowest BCUT2D eigenvalue weighted by molar-refractivity contribution is 0.0519. The summed E-state index contributed by atoms with van der Waals surface area (Å²) in [5, 5.41) is 2.61. The first-order valence-corrected chi connectivity index (χ1v) is 8.65. The lowest BCUT2D eigenvalue weighted by Gasteiger charge is -2.36. The van der Waals surface area contributed by atoms with Gasteiger partial charge in [0.15, 0.2) is 0 Å². The number of halogens is 2.